The summed E-state index contributed by atoms with van der Waals surface area (Å²) in [6, 6.07) is 0.231. The minimum Gasteiger partial charge on any atom is -0.391 e. The molecule has 3 fully saturated rings. The van der Waals surface area contributed by atoms with Gasteiger partial charge in [-0.1, -0.05) is 0 Å². The molecular weight excluding hydrogens is 216 g/mol. The van der Waals surface area contributed by atoms with Gasteiger partial charge in [-0.25, -0.2) is 0 Å². The molecule has 17 heavy (non-hydrogen) atoms. The number of β-amino-alcohol motifs (C(OH)–C–C–N with tert-alkyl or cyclic N) is 1. The Morgan fingerprint density at radius 3 is 2.53 bits per heavy atom. The second-order valence-electron chi connectivity index (χ2n) is 6.17. The van der Waals surface area contributed by atoms with E-state index in [1.54, 1.807) is 0 Å². The van der Waals surface area contributed by atoms with E-state index in [0.717, 1.165) is 6.42 Å². The third-order valence-corrected chi connectivity index (χ3v) is 5.10. The van der Waals surface area contributed by atoms with Crippen molar-refractivity contribution < 1.29 is 9.90 Å². The second kappa shape index (κ2) is 3.95. The zero-order valence-corrected chi connectivity index (χ0v) is 10.4. The maximum absolute atomic E-state index is 12.5. The first kappa shape index (κ1) is 11.5. The van der Waals surface area contributed by atoms with Crippen molar-refractivity contribution in [2.75, 3.05) is 6.54 Å². The third kappa shape index (κ3) is 1.69. The lowest BCUT2D eigenvalue weighted by Crippen LogP contribution is -2.48. The monoisotopic (exact) mass is 238 g/mol. The predicted octanol–water partition coefficient (Wildman–Crippen LogP) is 0.342. The van der Waals surface area contributed by atoms with Crippen molar-refractivity contribution >= 4 is 5.91 Å². The van der Waals surface area contributed by atoms with Gasteiger partial charge in [-0.2, -0.15) is 0 Å². The molecular formula is C13H22N2O2. The van der Waals surface area contributed by atoms with Crippen LogP contribution in [0.2, 0.25) is 0 Å². The molecule has 1 amide bonds. The Labute approximate surface area is 102 Å². The van der Waals surface area contributed by atoms with Crippen LogP contribution in [0.4, 0.5) is 0 Å². The van der Waals surface area contributed by atoms with Crippen LogP contribution in [-0.2, 0) is 4.79 Å². The summed E-state index contributed by atoms with van der Waals surface area (Å²) in [5.41, 5.74) is 6.20. The fourth-order valence-electron chi connectivity index (χ4n) is 4.20. The van der Waals surface area contributed by atoms with Crippen LogP contribution in [0.25, 0.3) is 0 Å². The van der Waals surface area contributed by atoms with Crippen LogP contribution < -0.4 is 5.73 Å². The Balaban J connectivity index is 1.74. The van der Waals surface area contributed by atoms with Crippen LogP contribution >= 0.6 is 0 Å². The summed E-state index contributed by atoms with van der Waals surface area (Å²) in [7, 11) is 0. The number of carbonyl (C=O) groups excluding carboxylic acids is 1. The molecule has 0 spiro atoms. The van der Waals surface area contributed by atoms with Crippen LogP contribution in [0.15, 0.2) is 0 Å². The van der Waals surface area contributed by atoms with E-state index in [-0.39, 0.29) is 30.0 Å². The normalized spacial score (nSPS) is 49.0. The van der Waals surface area contributed by atoms with Gasteiger partial charge in [-0.3, -0.25) is 4.79 Å². The van der Waals surface area contributed by atoms with Gasteiger partial charge < -0.3 is 15.7 Å². The molecule has 1 heterocycles. The molecule has 2 aliphatic carbocycles. The predicted molar refractivity (Wildman–Crippen MR) is 64.1 cm³/mol. The maximum atomic E-state index is 12.5. The van der Waals surface area contributed by atoms with Gasteiger partial charge in [0.1, 0.15) is 0 Å². The Kier molecular flexibility index (Phi) is 2.67. The van der Waals surface area contributed by atoms with Crippen molar-refractivity contribution in [3.8, 4) is 0 Å². The SMILES string of the molecule is C[C@@H]1C[C@H](O)CN1C(=O)C1C2CCC(C2)C1N. The lowest BCUT2D eigenvalue weighted by molar-refractivity contribution is -0.138. The molecule has 0 aromatic rings. The molecule has 3 N–H and O–H groups in total. The van der Waals surface area contributed by atoms with Crippen molar-refractivity contribution in [1.82, 2.24) is 4.90 Å². The molecule has 2 saturated carbocycles. The van der Waals surface area contributed by atoms with Crippen LogP contribution in [0.5, 0.6) is 0 Å². The van der Waals surface area contributed by atoms with E-state index in [9.17, 15) is 9.90 Å². The van der Waals surface area contributed by atoms with E-state index in [4.69, 9.17) is 5.73 Å². The summed E-state index contributed by atoms with van der Waals surface area (Å²) in [5, 5.41) is 9.63. The molecule has 96 valence electrons. The highest BCUT2D eigenvalue weighted by Crippen LogP contribution is 2.48. The number of amides is 1. The minimum atomic E-state index is -0.344. The number of rotatable bonds is 1. The molecule has 0 aromatic heterocycles. The highest BCUT2D eigenvalue weighted by Gasteiger charge is 2.51. The van der Waals surface area contributed by atoms with Crippen molar-refractivity contribution in [1.29, 1.82) is 0 Å². The molecule has 0 radical (unpaired) electrons. The Morgan fingerprint density at radius 2 is 2.00 bits per heavy atom. The fourth-order valence-corrected chi connectivity index (χ4v) is 4.20. The van der Waals surface area contributed by atoms with Crippen molar-refractivity contribution in [3.63, 3.8) is 0 Å². The van der Waals surface area contributed by atoms with Crippen LogP contribution in [-0.4, -0.2) is 40.6 Å². The zero-order chi connectivity index (χ0) is 12.2. The van der Waals surface area contributed by atoms with Gasteiger partial charge >= 0.3 is 0 Å². The smallest absolute Gasteiger partial charge is 0.227 e. The Hall–Kier alpha value is -0.610. The fraction of sp³-hybridized carbons (Fsp3) is 0.923. The first-order valence-electron chi connectivity index (χ1n) is 6.82. The summed E-state index contributed by atoms with van der Waals surface area (Å²) >= 11 is 0. The van der Waals surface area contributed by atoms with Gasteiger partial charge in [0.2, 0.25) is 5.91 Å². The van der Waals surface area contributed by atoms with Crippen molar-refractivity contribution in [2.45, 2.75) is 50.8 Å². The van der Waals surface area contributed by atoms with E-state index in [2.05, 4.69) is 0 Å². The quantitative estimate of drug-likeness (QED) is 0.692. The molecule has 3 rings (SSSR count). The van der Waals surface area contributed by atoms with Gasteiger partial charge in [-0.15, -0.1) is 0 Å². The van der Waals surface area contributed by atoms with Gasteiger partial charge in [0.05, 0.1) is 12.0 Å². The number of aliphatic hydroxyl groups excluding tert-OH is 1. The highest BCUT2D eigenvalue weighted by molar-refractivity contribution is 5.81. The highest BCUT2D eigenvalue weighted by atomic mass is 16.3. The van der Waals surface area contributed by atoms with Crippen LogP contribution in [0, 0.1) is 17.8 Å². The zero-order valence-electron chi connectivity index (χ0n) is 10.4. The molecule has 1 aliphatic heterocycles. The number of hydrogen-bond donors (Lipinski definition) is 2. The second-order valence-corrected chi connectivity index (χ2v) is 6.17. The van der Waals surface area contributed by atoms with Gasteiger partial charge in [0.25, 0.3) is 0 Å². The van der Waals surface area contributed by atoms with E-state index in [1.165, 1.54) is 12.8 Å². The first-order valence-corrected chi connectivity index (χ1v) is 6.82. The molecule has 1 saturated heterocycles. The summed E-state index contributed by atoms with van der Waals surface area (Å²) in [6.45, 7) is 2.52. The lowest BCUT2D eigenvalue weighted by Gasteiger charge is -2.32. The first-order chi connectivity index (χ1) is 8.08. The topological polar surface area (TPSA) is 66.6 Å². The van der Waals surface area contributed by atoms with Crippen LogP contribution in [0.3, 0.4) is 0 Å². The molecule has 3 aliphatic rings. The third-order valence-electron chi connectivity index (χ3n) is 5.10. The number of fused-ring (bicyclic) bond motifs is 2. The van der Waals surface area contributed by atoms with Gasteiger partial charge in [0, 0.05) is 18.6 Å². The number of aliphatic hydroxyl groups is 1. The van der Waals surface area contributed by atoms with Crippen molar-refractivity contribution in [2.24, 2.45) is 23.5 Å². The number of carbonyl (C=O) groups is 1. The van der Waals surface area contributed by atoms with Gasteiger partial charge in [0.15, 0.2) is 0 Å². The Bertz CT molecular complexity index is 331. The summed E-state index contributed by atoms with van der Waals surface area (Å²) in [6.07, 6.45) is 3.88. The average Bonchev–Trinajstić information content (AvgIpc) is 2.92. The van der Waals surface area contributed by atoms with Crippen LogP contribution in [0.1, 0.15) is 32.6 Å². The summed E-state index contributed by atoms with van der Waals surface area (Å²) in [4.78, 5) is 14.4. The van der Waals surface area contributed by atoms with E-state index < -0.39 is 0 Å². The minimum absolute atomic E-state index is 0.0292. The molecule has 4 nitrogen and oxygen atoms in total. The molecule has 6 atom stereocenters. The van der Waals surface area contributed by atoms with E-state index >= 15 is 0 Å². The number of likely N-dealkylation sites (tertiary alicyclic amines) is 1. The van der Waals surface area contributed by atoms with E-state index in [1.807, 2.05) is 11.8 Å². The Morgan fingerprint density at radius 1 is 1.29 bits per heavy atom. The number of nitrogens with two attached hydrogens (primary N) is 1. The largest absolute Gasteiger partial charge is 0.391 e. The maximum Gasteiger partial charge on any atom is 0.227 e. The molecule has 4 heteroatoms. The lowest BCUT2D eigenvalue weighted by atomic mass is 9.84. The molecule has 0 aromatic carbocycles. The van der Waals surface area contributed by atoms with E-state index in [0.29, 0.717) is 24.8 Å². The molecule has 4 unspecified atom stereocenters. The summed E-state index contributed by atoms with van der Waals surface area (Å²) in [5.74, 6) is 1.31. The number of nitrogens with zero attached hydrogens (tertiary/aromatic N) is 1. The number of hydrogen-bond acceptors (Lipinski definition) is 3. The van der Waals surface area contributed by atoms with Crippen molar-refractivity contribution in [3.05, 3.63) is 0 Å². The standard InChI is InChI=1S/C13H22N2O2/c1-7-4-10(16)6-15(7)13(17)11-8-2-3-9(5-8)12(11)14/h7-12,16H,2-6,14H2,1H3/t7-,8?,9?,10+,11?,12?/m1/s1. The summed E-state index contributed by atoms with van der Waals surface area (Å²) < 4.78 is 0. The molecule has 2 bridgehead atoms. The van der Waals surface area contributed by atoms with Gasteiger partial charge in [-0.05, 0) is 44.4 Å². The average molecular weight is 238 g/mol.